The predicted molar refractivity (Wildman–Crippen MR) is 115 cm³/mol. The molecule has 4 rings (SSSR count). The number of hydrogen-bond donors (Lipinski definition) is 2. The molecule has 1 amide bonds. The van der Waals surface area contributed by atoms with Gasteiger partial charge in [-0.1, -0.05) is 12.1 Å². The van der Waals surface area contributed by atoms with Crippen LogP contribution in [-0.2, 0) is 4.79 Å². The monoisotopic (exact) mass is 439 g/mol. The molecule has 32 heavy (non-hydrogen) atoms. The molecule has 1 unspecified atom stereocenters. The van der Waals surface area contributed by atoms with Gasteiger partial charge < -0.3 is 20.7 Å². The molecule has 0 radical (unpaired) electrons. The first kappa shape index (κ1) is 21.7. The van der Waals surface area contributed by atoms with Crippen LogP contribution in [0.5, 0.6) is 5.75 Å². The maximum atomic E-state index is 14.5. The fourth-order valence-corrected chi connectivity index (χ4v) is 4.14. The van der Waals surface area contributed by atoms with Crippen LogP contribution in [0.1, 0.15) is 23.1 Å². The summed E-state index contributed by atoms with van der Waals surface area (Å²) < 4.78 is 33.9. The second-order valence-electron chi connectivity index (χ2n) is 7.88. The molecule has 2 aromatic carbocycles. The summed E-state index contributed by atoms with van der Waals surface area (Å²) in [7, 11) is 3.01. The molecule has 2 aromatic rings. The van der Waals surface area contributed by atoms with E-state index in [4.69, 9.17) is 15.7 Å². The van der Waals surface area contributed by atoms with Crippen LogP contribution in [0, 0.1) is 23.0 Å². The number of halogens is 2. The molecule has 0 saturated carbocycles. The number of nitrogens with one attached hydrogen (secondary N) is 1. The lowest BCUT2D eigenvalue weighted by Gasteiger charge is -2.41. The first-order chi connectivity index (χ1) is 15.3. The molecule has 2 aliphatic heterocycles. The summed E-state index contributed by atoms with van der Waals surface area (Å²) in [6.45, 7) is 1.29. The van der Waals surface area contributed by atoms with Gasteiger partial charge in [-0.15, -0.1) is 0 Å². The number of methoxy groups -OCH3 is 1. The topological polar surface area (TPSA) is 94.6 Å². The number of nitrogens with two attached hydrogens (primary N) is 1. The van der Waals surface area contributed by atoms with Crippen molar-refractivity contribution in [3.05, 3.63) is 64.7 Å². The first-order valence-corrected chi connectivity index (χ1v) is 10.2. The Balaban J connectivity index is 1.87. The van der Waals surface area contributed by atoms with E-state index in [1.165, 1.54) is 36.3 Å². The smallest absolute Gasteiger partial charge is 0.258 e. The fraction of sp³-hybridized carbons (Fsp3) is 0.304. The molecule has 2 heterocycles. The Morgan fingerprint density at radius 3 is 2.50 bits per heavy atom. The lowest BCUT2D eigenvalue weighted by Crippen LogP contribution is -2.59. The minimum Gasteiger partial charge on any atom is -0.494 e. The predicted octanol–water partition coefficient (Wildman–Crippen LogP) is 2.09. The van der Waals surface area contributed by atoms with Crippen molar-refractivity contribution in [2.75, 3.05) is 27.2 Å². The third-order valence-electron chi connectivity index (χ3n) is 5.85. The minimum atomic E-state index is -0.703. The Bertz CT molecular complexity index is 1140. The Hall–Kier alpha value is -3.48. The number of nitriles is 1. The Morgan fingerprint density at radius 2 is 1.91 bits per heavy atom. The van der Waals surface area contributed by atoms with Gasteiger partial charge in [-0.2, -0.15) is 5.26 Å². The molecule has 9 heteroatoms. The van der Waals surface area contributed by atoms with Gasteiger partial charge in [0.2, 0.25) is 0 Å². The van der Waals surface area contributed by atoms with Gasteiger partial charge in [-0.3, -0.25) is 9.69 Å². The number of nitrogens with zero attached hydrogens (tertiary/aromatic N) is 3. The zero-order valence-corrected chi connectivity index (χ0v) is 17.7. The quantitative estimate of drug-likeness (QED) is 0.758. The summed E-state index contributed by atoms with van der Waals surface area (Å²) in [4.78, 5) is 17.1. The number of amides is 1. The van der Waals surface area contributed by atoms with Crippen LogP contribution in [-0.4, -0.2) is 55.3 Å². The van der Waals surface area contributed by atoms with Crippen LogP contribution in [0.3, 0.4) is 0 Å². The third-order valence-corrected chi connectivity index (χ3v) is 5.85. The lowest BCUT2D eigenvalue weighted by atomic mass is 9.95. The number of carbonyl (C=O) groups is 1. The van der Waals surface area contributed by atoms with Crippen molar-refractivity contribution in [3.8, 4) is 11.8 Å². The maximum absolute atomic E-state index is 14.5. The zero-order valence-electron chi connectivity index (χ0n) is 17.7. The number of hydrogen-bond acceptors (Lipinski definition) is 6. The summed E-state index contributed by atoms with van der Waals surface area (Å²) >= 11 is 0. The van der Waals surface area contributed by atoms with Crippen LogP contribution < -0.4 is 15.8 Å². The molecule has 2 aliphatic rings. The van der Waals surface area contributed by atoms with E-state index in [1.54, 1.807) is 25.2 Å². The average Bonchev–Trinajstić information content (AvgIpc) is 3.21. The van der Waals surface area contributed by atoms with Crippen molar-refractivity contribution in [1.82, 2.24) is 15.1 Å². The number of benzene rings is 2. The van der Waals surface area contributed by atoms with Crippen LogP contribution in [0.25, 0.3) is 11.3 Å². The Morgan fingerprint density at radius 1 is 1.19 bits per heavy atom. The molecule has 1 fully saturated rings. The average molecular weight is 439 g/mol. The molecule has 3 N–H and O–H groups in total. The van der Waals surface area contributed by atoms with E-state index in [2.05, 4.69) is 5.32 Å². The van der Waals surface area contributed by atoms with Crippen LogP contribution >= 0.6 is 0 Å². The van der Waals surface area contributed by atoms with E-state index in [0.717, 1.165) is 6.42 Å². The van der Waals surface area contributed by atoms with Crippen LogP contribution in [0.2, 0.25) is 0 Å². The molecule has 0 aliphatic carbocycles. The zero-order chi connectivity index (χ0) is 23.0. The molecule has 7 nitrogen and oxygen atoms in total. The number of ether oxygens (including phenoxy) is 1. The van der Waals surface area contributed by atoms with Crippen molar-refractivity contribution in [1.29, 1.82) is 5.26 Å². The van der Waals surface area contributed by atoms with E-state index in [0.29, 0.717) is 29.9 Å². The molecule has 1 saturated heterocycles. The van der Waals surface area contributed by atoms with E-state index < -0.39 is 17.9 Å². The fourth-order valence-electron chi connectivity index (χ4n) is 4.14. The lowest BCUT2D eigenvalue weighted by molar-refractivity contribution is -0.130. The highest BCUT2D eigenvalue weighted by molar-refractivity contribution is 6.27. The molecular weight excluding hydrogens is 416 g/mol. The van der Waals surface area contributed by atoms with Crippen LogP contribution in [0.15, 0.2) is 36.4 Å². The Labute approximate surface area is 184 Å². The van der Waals surface area contributed by atoms with Crippen molar-refractivity contribution < 1.29 is 18.3 Å². The molecule has 2 atom stereocenters. The van der Waals surface area contributed by atoms with Gasteiger partial charge >= 0.3 is 0 Å². The van der Waals surface area contributed by atoms with Gasteiger partial charge in [-0.05, 0) is 36.2 Å². The third kappa shape index (κ3) is 3.79. The number of likely N-dealkylation sites (N-methyl/N-ethyl adjacent to an activating group) is 1. The highest BCUT2D eigenvalue weighted by Gasteiger charge is 2.38. The van der Waals surface area contributed by atoms with Gasteiger partial charge in [0.25, 0.3) is 5.91 Å². The molecular formula is C23H23F2N5O2. The van der Waals surface area contributed by atoms with E-state index in [9.17, 15) is 13.6 Å². The summed E-state index contributed by atoms with van der Waals surface area (Å²) in [6, 6.07) is 10.1. The van der Waals surface area contributed by atoms with Gasteiger partial charge in [0.1, 0.15) is 11.9 Å². The van der Waals surface area contributed by atoms with Gasteiger partial charge in [0.15, 0.2) is 17.9 Å². The van der Waals surface area contributed by atoms with Crippen molar-refractivity contribution in [2.45, 2.75) is 18.8 Å². The van der Waals surface area contributed by atoms with Gasteiger partial charge in [0, 0.05) is 31.7 Å². The maximum Gasteiger partial charge on any atom is 0.258 e. The molecule has 0 aromatic heterocycles. The normalized spacial score (nSPS) is 21.5. The van der Waals surface area contributed by atoms with Crippen molar-refractivity contribution >= 4 is 17.2 Å². The Kier molecular flexibility index (Phi) is 5.82. The number of likely N-dealkylation sites (tertiary alicyclic amines) is 1. The van der Waals surface area contributed by atoms with E-state index >= 15 is 0 Å². The SMILES string of the molecule is COc1ccc(C2=C(c3ccc(C#N)c(F)c3)NC(N3CC[C@@H](N)C3)N(C)C2=O)cc1F. The first-order valence-electron chi connectivity index (χ1n) is 10.2. The van der Waals surface area contributed by atoms with Crippen molar-refractivity contribution in [2.24, 2.45) is 5.73 Å². The molecule has 0 bridgehead atoms. The van der Waals surface area contributed by atoms with Crippen molar-refractivity contribution in [3.63, 3.8) is 0 Å². The second-order valence-corrected chi connectivity index (χ2v) is 7.88. The largest absolute Gasteiger partial charge is 0.494 e. The standard InChI is InChI=1S/C23H23F2N5O2/c1-29-22(31)20(13-5-6-19(32-2)18(25)9-13)21(14-3-4-15(11-26)17(24)10-14)28-23(29)30-8-7-16(27)12-30/h3-6,9-10,16,23,28H,7-8,12,27H2,1-2H3/t16-,23?/m1/s1. The highest BCUT2D eigenvalue weighted by Crippen LogP contribution is 2.34. The second kappa shape index (κ2) is 8.57. The van der Waals surface area contributed by atoms with Crippen LogP contribution in [0.4, 0.5) is 8.78 Å². The summed E-state index contributed by atoms with van der Waals surface area (Å²) in [5, 5.41) is 12.4. The number of rotatable bonds is 4. The summed E-state index contributed by atoms with van der Waals surface area (Å²) in [5.41, 5.74) is 7.20. The van der Waals surface area contributed by atoms with Gasteiger partial charge in [0.05, 0.1) is 23.9 Å². The van der Waals surface area contributed by atoms with E-state index in [-0.39, 0.29) is 28.8 Å². The van der Waals surface area contributed by atoms with Gasteiger partial charge in [-0.25, -0.2) is 8.78 Å². The van der Waals surface area contributed by atoms with E-state index in [1.807, 2.05) is 4.90 Å². The molecule has 0 spiro atoms. The highest BCUT2D eigenvalue weighted by atomic mass is 19.1. The summed E-state index contributed by atoms with van der Waals surface area (Å²) in [6.07, 6.45) is 0.290. The number of carbonyl (C=O) groups excluding carboxylic acids is 1. The summed E-state index contributed by atoms with van der Waals surface area (Å²) in [5.74, 6) is -1.62. The minimum absolute atomic E-state index is 0.00262. The molecule has 166 valence electrons.